The number of benzene rings is 1. The van der Waals surface area contributed by atoms with Crippen molar-refractivity contribution in [1.82, 2.24) is 4.90 Å². The van der Waals surface area contributed by atoms with Crippen LogP contribution in [0, 0.1) is 0 Å². The lowest BCUT2D eigenvalue weighted by atomic mass is 10.1. The average Bonchev–Trinajstić information content (AvgIpc) is 2.54. The fourth-order valence-corrected chi connectivity index (χ4v) is 1.76. The van der Waals surface area contributed by atoms with Crippen molar-refractivity contribution in [2.24, 2.45) is 27.2 Å². The largest absolute Gasteiger partial charge is 0.370 e. The van der Waals surface area contributed by atoms with Gasteiger partial charge in [-0.1, -0.05) is 6.07 Å². The second kappa shape index (κ2) is 4.41. The molecule has 0 atom stereocenters. The summed E-state index contributed by atoms with van der Waals surface area (Å²) in [5.41, 5.74) is 16.6. The van der Waals surface area contributed by atoms with Crippen molar-refractivity contribution in [3.8, 4) is 0 Å². The summed E-state index contributed by atoms with van der Waals surface area (Å²) in [7, 11) is 1.40. The quantitative estimate of drug-likeness (QED) is 0.342. The van der Waals surface area contributed by atoms with Gasteiger partial charge in [0.05, 0.1) is 16.8 Å². The molecule has 8 nitrogen and oxygen atoms in total. The molecule has 0 saturated heterocycles. The lowest BCUT2D eigenvalue weighted by Gasteiger charge is -2.03. The van der Waals surface area contributed by atoms with Gasteiger partial charge in [0.25, 0.3) is 11.8 Å². The van der Waals surface area contributed by atoms with Crippen LogP contribution in [0.25, 0.3) is 0 Å². The summed E-state index contributed by atoms with van der Waals surface area (Å²) in [6, 6.07) is 4.71. The number of fused-ring (bicyclic) bond motifs is 1. The van der Waals surface area contributed by atoms with Crippen LogP contribution in [0.5, 0.6) is 0 Å². The Kier molecular flexibility index (Phi) is 2.91. The number of hydrogen-bond donors (Lipinski definition) is 3. The molecule has 0 unspecified atom stereocenters. The summed E-state index contributed by atoms with van der Waals surface area (Å²) < 4.78 is 0. The third kappa shape index (κ3) is 2.10. The van der Waals surface area contributed by atoms with E-state index in [4.69, 9.17) is 17.2 Å². The molecule has 19 heavy (non-hydrogen) atoms. The van der Waals surface area contributed by atoms with E-state index in [2.05, 4.69) is 9.98 Å². The van der Waals surface area contributed by atoms with Gasteiger partial charge in [-0.25, -0.2) is 4.99 Å². The maximum absolute atomic E-state index is 11.9. The highest BCUT2D eigenvalue weighted by molar-refractivity contribution is 6.23. The molecule has 2 amide bonds. The molecule has 0 saturated carbocycles. The zero-order valence-corrected chi connectivity index (χ0v) is 10.1. The smallest absolute Gasteiger partial charge is 0.263 e. The van der Waals surface area contributed by atoms with E-state index >= 15 is 0 Å². The highest BCUT2D eigenvalue weighted by atomic mass is 16.2. The number of carbonyl (C=O) groups excluding carboxylic acids is 2. The van der Waals surface area contributed by atoms with Crippen molar-refractivity contribution in [2.75, 3.05) is 7.05 Å². The van der Waals surface area contributed by atoms with Crippen LogP contribution in [0.2, 0.25) is 0 Å². The summed E-state index contributed by atoms with van der Waals surface area (Å²) in [4.78, 5) is 32.2. The van der Waals surface area contributed by atoms with E-state index in [0.717, 1.165) is 4.90 Å². The topological polar surface area (TPSA) is 140 Å². The number of hydrogen-bond acceptors (Lipinski definition) is 3. The van der Waals surface area contributed by atoms with Gasteiger partial charge in [-0.3, -0.25) is 14.5 Å². The molecule has 0 fully saturated rings. The molecule has 2 rings (SSSR count). The first-order valence-corrected chi connectivity index (χ1v) is 5.31. The van der Waals surface area contributed by atoms with Crippen LogP contribution in [0.3, 0.4) is 0 Å². The first-order valence-electron chi connectivity index (χ1n) is 5.31. The zero-order chi connectivity index (χ0) is 14.2. The van der Waals surface area contributed by atoms with Crippen LogP contribution in [0.4, 0.5) is 5.69 Å². The average molecular weight is 260 g/mol. The Morgan fingerprint density at radius 1 is 1.16 bits per heavy atom. The number of nitrogens with zero attached hydrogens (tertiary/aromatic N) is 3. The van der Waals surface area contributed by atoms with Gasteiger partial charge < -0.3 is 17.2 Å². The molecule has 1 heterocycles. The van der Waals surface area contributed by atoms with Gasteiger partial charge in [0.2, 0.25) is 5.96 Å². The highest BCUT2D eigenvalue weighted by Crippen LogP contribution is 2.30. The SMILES string of the molecule is CN1C(=O)c2cccc(N=C(N)N=C(N)N)c2C1=O. The van der Waals surface area contributed by atoms with Crippen molar-refractivity contribution in [3.63, 3.8) is 0 Å². The highest BCUT2D eigenvalue weighted by Gasteiger charge is 2.34. The summed E-state index contributed by atoms with van der Waals surface area (Å²) in [5.74, 6) is -1.24. The molecule has 0 radical (unpaired) electrons. The van der Waals surface area contributed by atoms with Crippen LogP contribution in [0.1, 0.15) is 20.7 Å². The van der Waals surface area contributed by atoms with Crippen molar-refractivity contribution < 1.29 is 9.59 Å². The standard InChI is InChI=1S/C11H12N6O2/c1-17-8(18)5-3-2-4-6(7(5)9(17)19)15-11(14)16-10(12)13/h2-4H,1H3,(H6,12,13,14,15,16). The molecule has 6 N–H and O–H groups in total. The number of carbonyl (C=O) groups is 2. The third-order valence-corrected chi connectivity index (χ3v) is 2.57. The summed E-state index contributed by atoms with van der Waals surface area (Å²) in [5, 5.41) is 0. The second-order valence-corrected chi connectivity index (χ2v) is 3.88. The second-order valence-electron chi connectivity index (χ2n) is 3.88. The van der Waals surface area contributed by atoms with Gasteiger partial charge in [-0.2, -0.15) is 4.99 Å². The normalized spacial score (nSPS) is 14.6. The Morgan fingerprint density at radius 2 is 1.84 bits per heavy atom. The van der Waals surface area contributed by atoms with Gasteiger partial charge in [-0.15, -0.1) is 0 Å². The maximum atomic E-state index is 11.9. The fourth-order valence-electron chi connectivity index (χ4n) is 1.76. The van der Waals surface area contributed by atoms with E-state index in [1.807, 2.05) is 0 Å². The van der Waals surface area contributed by atoms with Crippen LogP contribution < -0.4 is 17.2 Å². The van der Waals surface area contributed by atoms with Crippen LogP contribution in [-0.4, -0.2) is 35.7 Å². The number of imide groups is 1. The molecule has 1 aromatic rings. The summed E-state index contributed by atoms with van der Waals surface area (Å²) in [6.45, 7) is 0. The number of rotatable bonds is 1. The zero-order valence-electron chi connectivity index (χ0n) is 10.1. The number of amides is 2. The van der Waals surface area contributed by atoms with Crippen LogP contribution in [-0.2, 0) is 0 Å². The van der Waals surface area contributed by atoms with Gasteiger partial charge in [0.15, 0.2) is 5.96 Å². The van der Waals surface area contributed by atoms with E-state index in [1.54, 1.807) is 18.2 Å². The van der Waals surface area contributed by atoms with E-state index in [1.165, 1.54) is 7.05 Å². The fraction of sp³-hybridized carbons (Fsp3) is 0.0909. The van der Waals surface area contributed by atoms with E-state index < -0.39 is 5.91 Å². The Bertz CT molecular complexity index is 630. The Labute approximate surface area is 108 Å². The van der Waals surface area contributed by atoms with Gasteiger partial charge in [0.1, 0.15) is 0 Å². The van der Waals surface area contributed by atoms with Crippen molar-refractivity contribution >= 4 is 29.4 Å². The monoisotopic (exact) mass is 260 g/mol. The molecule has 0 aliphatic carbocycles. The summed E-state index contributed by atoms with van der Waals surface area (Å²) >= 11 is 0. The summed E-state index contributed by atoms with van der Waals surface area (Å²) in [6.07, 6.45) is 0. The minimum atomic E-state index is -0.433. The Morgan fingerprint density at radius 3 is 2.47 bits per heavy atom. The molecular weight excluding hydrogens is 248 g/mol. The van der Waals surface area contributed by atoms with E-state index in [0.29, 0.717) is 0 Å². The van der Waals surface area contributed by atoms with Crippen molar-refractivity contribution in [1.29, 1.82) is 0 Å². The predicted octanol–water partition coefficient (Wildman–Crippen LogP) is -0.868. The van der Waals surface area contributed by atoms with E-state index in [9.17, 15) is 9.59 Å². The van der Waals surface area contributed by atoms with Gasteiger partial charge in [0, 0.05) is 7.05 Å². The van der Waals surface area contributed by atoms with E-state index in [-0.39, 0.29) is 34.6 Å². The first kappa shape index (κ1) is 12.6. The Balaban J connectivity index is 2.55. The molecular formula is C11H12N6O2. The molecule has 1 aliphatic heterocycles. The molecule has 8 heteroatoms. The minimum absolute atomic E-state index is 0.191. The van der Waals surface area contributed by atoms with Crippen molar-refractivity contribution in [2.45, 2.75) is 0 Å². The maximum Gasteiger partial charge on any atom is 0.263 e. The van der Waals surface area contributed by atoms with Crippen molar-refractivity contribution in [3.05, 3.63) is 29.3 Å². The molecule has 0 spiro atoms. The molecule has 0 aromatic heterocycles. The van der Waals surface area contributed by atoms with Crippen LogP contribution in [0.15, 0.2) is 28.2 Å². The first-order chi connectivity index (χ1) is 8.91. The lowest BCUT2D eigenvalue weighted by molar-refractivity contribution is 0.0693. The number of guanidine groups is 2. The number of aliphatic imine (C=N–C) groups is 2. The number of nitrogens with two attached hydrogens (primary N) is 3. The van der Waals surface area contributed by atoms with Crippen LogP contribution >= 0.6 is 0 Å². The van der Waals surface area contributed by atoms with Gasteiger partial charge in [-0.05, 0) is 12.1 Å². The molecule has 1 aliphatic rings. The minimum Gasteiger partial charge on any atom is -0.370 e. The predicted molar refractivity (Wildman–Crippen MR) is 70.0 cm³/mol. The van der Waals surface area contributed by atoms with Gasteiger partial charge >= 0.3 is 0 Å². The third-order valence-electron chi connectivity index (χ3n) is 2.57. The Hall–Kier alpha value is -2.90. The molecule has 98 valence electrons. The lowest BCUT2D eigenvalue weighted by Crippen LogP contribution is -2.26. The molecule has 0 bridgehead atoms. The molecule has 1 aromatic carbocycles.